The first kappa shape index (κ1) is 14.8. The Balaban J connectivity index is 2.67. The predicted octanol–water partition coefficient (Wildman–Crippen LogP) is 2.62. The number of hydrogen-bond donors (Lipinski definition) is 1. The maximum absolute atomic E-state index is 5.35. The summed E-state index contributed by atoms with van der Waals surface area (Å²) in [5, 5.41) is 3.46. The minimum atomic E-state index is 0.461. The third-order valence-corrected chi connectivity index (χ3v) is 2.81. The highest BCUT2D eigenvalue weighted by molar-refractivity contribution is 5.42. The van der Waals surface area contributed by atoms with Crippen LogP contribution in [0.1, 0.15) is 32.9 Å². The number of rotatable bonds is 7. The third-order valence-electron chi connectivity index (χ3n) is 2.81. The van der Waals surface area contributed by atoms with E-state index in [1.807, 2.05) is 0 Å². The fourth-order valence-electron chi connectivity index (χ4n) is 2.04. The molecular weight excluding hydrogens is 228 g/mol. The minimum absolute atomic E-state index is 0.461. The van der Waals surface area contributed by atoms with Crippen molar-refractivity contribution in [2.75, 3.05) is 14.2 Å². The van der Waals surface area contributed by atoms with E-state index in [9.17, 15) is 0 Å². The van der Waals surface area contributed by atoms with Crippen LogP contribution in [-0.4, -0.2) is 25.2 Å². The first-order valence-corrected chi connectivity index (χ1v) is 6.37. The van der Waals surface area contributed by atoms with Gasteiger partial charge >= 0.3 is 0 Å². The summed E-state index contributed by atoms with van der Waals surface area (Å²) in [6.07, 6.45) is 2.89. The lowest BCUT2D eigenvalue weighted by Gasteiger charge is -2.17. The zero-order valence-corrected chi connectivity index (χ0v) is 12.0. The molecular formula is C14H24N2O2. The lowest BCUT2D eigenvalue weighted by Crippen LogP contribution is -2.27. The van der Waals surface area contributed by atoms with Crippen molar-refractivity contribution >= 4 is 0 Å². The first-order chi connectivity index (χ1) is 8.58. The van der Waals surface area contributed by atoms with Gasteiger partial charge in [0, 0.05) is 24.8 Å². The molecule has 102 valence electrons. The average Bonchev–Trinajstić information content (AvgIpc) is 2.34. The van der Waals surface area contributed by atoms with Gasteiger partial charge in [0.2, 0.25) is 0 Å². The van der Waals surface area contributed by atoms with Crippen molar-refractivity contribution in [3.63, 3.8) is 0 Å². The van der Waals surface area contributed by atoms with Gasteiger partial charge in [0.15, 0.2) is 11.5 Å². The molecule has 1 unspecified atom stereocenters. The van der Waals surface area contributed by atoms with Gasteiger partial charge in [-0.1, -0.05) is 13.8 Å². The zero-order chi connectivity index (χ0) is 13.5. The Morgan fingerprint density at radius 1 is 1.22 bits per heavy atom. The van der Waals surface area contributed by atoms with Gasteiger partial charge in [-0.3, -0.25) is 4.98 Å². The number of methoxy groups -OCH3 is 2. The Labute approximate surface area is 110 Å². The van der Waals surface area contributed by atoms with E-state index in [0.717, 1.165) is 17.9 Å². The highest BCUT2D eigenvalue weighted by atomic mass is 16.5. The van der Waals surface area contributed by atoms with Crippen LogP contribution in [-0.2, 0) is 6.54 Å². The summed E-state index contributed by atoms with van der Waals surface area (Å²) in [5.74, 6) is 2.12. The van der Waals surface area contributed by atoms with Gasteiger partial charge in [-0.15, -0.1) is 0 Å². The molecule has 18 heavy (non-hydrogen) atoms. The van der Waals surface area contributed by atoms with Gasteiger partial charge in [-0.2, -0.15) is 0 Å². The number of hydrogen-bond acceptors (Lipinski definition) is 4. The van der Waals surface area contributed by atoms with E-state index < -0.39 is 0 Å². The highest BCUT2D eigenvalue weighted by Crippen LogP contribution is 2.28. The van der Waals surface area contributed by atoms with Gasteiger partial charge in [-0.25, -0.2) is 0 Å². The molecule has 1 heterocycles. The summed E-state index contributed by atoms with van der Waals surface area (Å²) in [5.41, 5.74) is 0.882. The van der Waals surface area contributed by atoms with Crippen molar-refractivity contribution in [3.8, 4) is 11.5 Å². The zero-order valence-electron chi connectivity index (χ0n) is 12.0. The Morgan fingerprint density at radius 2 is 1.94 bits per heavy atom. The Hall–Kier alpha value is -1.29. The topological polar surface area (TPSA) is 43.4 Å². The molecule has 0 aliphatic carbocycles. The van der Waals surface area contributed by atoms with Crippen molar-refractivity contribution in [1.29, 1.82) is 0 Å². The van der Waals surface area contributed by atoms with E-state index in [1.165, 1.54) is 0 Å². The molecule has 0 saturated heterocycles. The Bertz CT molecular complexity index is 367. The Kier molecular flexibility index (Phi) is 5.92. The molecule has 1 aromatic rings. The molecule has 0 aliphatic rings. The van der Waals surface area contributed by atoms with Crippen molar-refractivity contribution in [2.24, 2.45) is 5.92 Å². The first-order valence-electron chi connectivity index (χ1n) is 6.37. The van der Waals surface area contributed by atoms with Gasteiger partial charge in [-0.05, 0) is 19.3 Å². The lowest BCUT2D eigenvalue weighted by molar-refractivity contribution is 0.346. The fourth-order valence-corrected chi connectivity index (χ4v) is 2.04. The van der Waals surface area contributed by atoms with Gasteiger partial charge in [0.05, 0.1) is 19.9 Å². The van der Waals surface area contributed by atoms with Crippen LogP contribution in [0.25, 0.3) is 0 Å². The van der Waals surface area contributed by atoms with Crippen molar-refractivity contribution in [3.05, 3.63) is 18.0 Å². The third kappa shape index (κ3) is 4.18. The SMILES string of the molecule is COc1ccnc(CNC(C)CC(C)C)c1OC. The van der Waals surface area contributed by atoms with E-state index in [2.05, 4.69) is 31.1 Å². The number of nitrogens with zero attached hydrogens (tertiary/aromatic N) is 1. The van der Waals surface area contributed by atoms with Crippen LogP contribution < -0.4 is 14.8 Å². The lowest BCUT2D eigenvalue weighted by atomic mass is 10.1. The van der Waals surface area contributed by atoms with Crippen molar-refractivity contribution in [1.82, 2.24) is 10.3 Å². The number of aromatic nitrogens is 1. The molecule has 4 nitrogen and oxygen atoms in total. The molecule has 0 amide bonds. The van der Waals surface area contributed by atoms with E-state index in [-0.39, 0.29) is 0 Å². The molecule has 1 aromatic heterocycles. The molecule has 0 saturated carbocycles. The van der Waals surface area contributed by atoms with Crippen LogP contribution in [0.15, 0.2) is 12.3 Å². The van der Waals surface area contributed by atoms with Gasteiger partial charge in [0.25, 0.3) is 0 Å². The highest BCUT2D eigenvalue weighted by Gasteiger charge is 2.12. The maximum Gasteiger partial charge on any atom is 0.183 e. The van der Waals surface area contributed by atoms with Crippen LogP contribution in [0.4, 0.5) is 0 Å². The largest absolute Gasteiger partial charge is 0.493 e. The second kappa shape index (κ2) is 7.21. The summed E-state index contributed by atoms with van der Waals surface area (Å²) >= 11 is 0. The minimum Gasteiger partial charge on any atom is -0.493 e. The van der Waals surface area contributed by atoms with E-state index >= 15 is 0 Å². The molecule has 0 fully saturated rings. The number of pyridine rings is 1. The monoisotopic (exact) mass is 252 g/mol. The van der Waals surface area contributed by atoms with E-state index in [0.29, 0.717) is 24.3 Å². The molecule has 1 N–H and O–H groups in total. The second-order valence-electron chi connectivity index (χ2n) is 4.90. The van der Waals surface area contributed by atoms with E-state index in [1.54, 1.807) is 26.5 Å². The summed E-state index contributed by atoms with van der Waals surface area (Å²) in [6, 6.07) is 2.27. The standard InChI is InChI=1S/C14H24N2O2/c1-10(2)8-11(3)16-9-12-14(18-5)13(17-4)6-7-15-12/h6-7,10-11,16H,8-9H2,1-5H3. The molecule has 0 bridgehead atoms. The van der Waals surface area contributed by atoms with Gasteiger partial charge < -0.3 is 14.8 Å². The molecule has 0 aliphatic heterocycles. The van der Waals surface area contributed by atoms with Crippen LogP contribution in [0.3, 0.4) is 0 Å². The average molecular weight is 252 g/mol. The summed E-state index contributed by atoms with van der Waals surface area (Å²) < 4.78 is 10.6. The second-order valence-corrected chi connectivity index (χ2v) is 4.90. The number of nitrogens with one attached hydrogen (secondary N) is 1. The summed E-state index contributed by atoms with van der Waals surface area (Å²) in [7, 11) is 3.27. The molecule has 0 radical (unpaired) electrons. The van der Waals surface area contributed by atoms with Crippen molar-refractivity contribution < 1.29 is 9.47 Å². The smallest absolute Gasteiger partial charge is 0.183 e. The van der Waals surface area contributed by atoms with Crippen LogP contribution in [0.2, 0.25) is 0 Å². The van der Waals surface area contributed by atoms with Crippen LogP contribution in [0, 0.1) is 5.92 Å². The van der Waals surface area contributed by atoms with Gasteiger partial charge in [0.1, 0.15) is 0 Å². The molecule has 4 heteroatoms. The normalized spacial score (nSPS) is 12.6. The molecule has 1 atom stereocenters. The summed E-state index contributed by atoms with van der Waals surface area (Å²) in [6.45, 7) is 7.33. The fraction of sp³-hybridized carbons (Fsp3) is 0.643. The van der Waals surface area contributed by atoms with Crippen molar-refractivity contribution in [2.45, 2.75) is 39.8 Å². The molecule has 1 rings (SSSR count). The van der Waals surface area contributed by atoms with E-state index in [4.69, 9.17) is 9.47 Å². The molecule has 0 spiro atoms. The Morgan fingerprint density at radius 3 is 2.50 bits per heavy atom. The maximum atomic E-state index is 5.35. The molecule has 0 aromatic carbocycles. The summed E-state index contributed by atoms with van der Waals surface area (Å²) in [4.78, 5) is 4.34. The quantitative estimate of drug-likeness (QED) is 0.810. The van der Waals surface area contributed by atoms with Crippen LogP contribution >= 0.6 is 0 Å². The number of ether oxygens (including phenoxy) is 2. The predicted molar refractivity (Wildman–Crippen MR) is 73.1 cm³/mol. The van der Waals surface area contributed by atoms with Crippen LogP contribution in [0.5, 0.6) is 11.5 Å².